The lowest BCUT2D eigenvalue weighted by Crippen LogP contribution is -2.60. The van der Waals surface area contributed by atoms with Crippen LogP contribution in [0.15, 0.2) is 24.3 Å². The van der Waals surface area contributed by atoms with Crippen molar-refractivity contribution in [2.45, 2.75) is 88.2 Å². The largest absolute Gasteiger partial charge is 0.508 e. The Bertz CT molecular complexity index is 1180. The zero-order chi connectivity index (χ0) is 34.1. The fraction of sp³-hybridized carbons (Fsp3) is 0.536. The quantitative estimate of drug-likeness (QED) is 0.0467. The molecular weight excluding hydrogens is 594 g/mol. The van der Waals surface area contributed by atoms with Crippen LogP contribution in [0, 0.1) is 0 Å². The van der Waals surface area contributed by atoms with Crippen molar-refractivity contribution in [1.29, 1.82) is 0 Å². The van der Waals surface area contributed by atoms with Crippen LogP contribution >= 0.6 is 0 Å². The molecule has 0 radical (unpaired) electrons. The summed E-state index contributed by atoms with van der Waals surface area (Å²) in [6.07, 6.45) is -1.10. The second-order valence-corrected chi connectivity index (χ2v) is 10.5. The van der Waals surface area contributed by atoms with Crippen molar-refractivity contribution in [2.75, 3.05) is 6.54 Å². The van der Waals surface area contributed by atoms with E-state index in [-0.39, 0.29) is 25.0 Å². The number of carboxylic acid groups (broad SMARTS) is 1. The summed E-state index contributed by atoms with van der Waals surface area (Å²) in [6.45, 7) is 1.62. The summed E-state index contributed by atoms with van der Waals surface area (Å²) < 4.78 is 0. The summed E-state index contributed by atoms with van der Waals surface area (Å²) in [6, 6.07) is -1.29. The summed E-state index contributed by atoms with van der Waals surface area (Å²) >= 11 is 0. The van der Waals surface area contributed by atoms with Gasteiger partial charge in [0.25, 0.3) is 0 Å². The maximum Gasteiger partial charge on any atom is 0.303 e. The monoisotopic (exact) mass is 637 g/mol. The Kier molecular flexibility index (Phi) is 16.8. The van der Waals surface area contributed by atoms with E-state index >= 15 is 0 Å². The number of nitrogens with two attached hydrogens (primary N) is 3. The summed E-state index contributed by atoms with van der Waals surface area (Å²) in [5, 5.41) is 38.2. The van der Waals surface area contributed by atoms with Crippen LogP contribution in [0.25, 0.3) is 0 Å². The molecule has 6 atom stereocenters. The van der Waals surface area contributed by atoms with Gasteiger partial charge in [0.05, 0.1) is 24.6 Å². The Balaban J connectivity index is 3.22. The van der Waals surface area contributed by atoms with E-state index in [0.29, 0.717) is 31.2 Å². The number of benzene rings is 1. The molecule has 0 saturated carbocycles. The molecule has 13 N–H and O–H groups in total. The lowest BCUT2D eigenvalue weighted by Gasteiger charge is -2.27. The highest BCUT2D eigenvalue weighted by molar-refractivity contribution is 5.97. The van der Waals surface area contributed by atoms with E-state index in [2.05, 4.69) is 21.3 Å². The first kappa shape index (κ1) is 38.4. The number of phenolic OH excluding ortho intramolecular Hbond substituents is 1. The number of amides is 5. The maximum absolute atomic E-state index is 13.5. The highest BCUT2D eigenvalue weighted by Gasteiger charge is 2.33. The molecule has 45 heavy (non-hydrogen) atoms. The number of primary amides is 1. The smallest absolute Gasteiger partial charge is 0.303 e. The first-order chi connectivity index (χ1) is 21.2. The molecule has 0 fully saturated rings. The number of aliphatic hydroxyl groups is 1. The average molecular weight is 638 g/mol. The predicted octanol–water partition coefficient (Wildman–Crippen LogP) is -3.35. The Hall–Kier alpha value is -4.61. The molecule has 17 heteroatoms. The summed E-state index contributed by atoms with van der Waals surface area (Å²) in [7, 11) is 0. The molecule has 1 rings (SSSR count). The third-order valence-electron chi connectivity index (χ3n) is 6.58. The van der Waals surface area contributed by atoms with Crippen molar-refractivity contribution in [3.05, 3.63) is 29.8 Å². The maximum atomic E-state index is 13.5. The SMILES string of the molecule is C[C@@H](O)[C@H](NC(=O)[C@H](Cc1ccc(O)cc1)NC(=O)[C@H](CC(N)=O)NC(=O)[C@@H](N)CCC(=O)O)C(=O)N[C@H](C=O)CCCCN. The molecular formula is C28H43N7O10. The van der Waals surface area contributed by atoms with Gasteiger partial charge in [-0.3, -0.25) is 28.8 Å². The number of aliphatic carboxylic acids is 1. The van der Waals surface area contributed by atoms with Gasteiger partial charge in [-0.25, -0.2) is 0 Å². The minimum absolute atomic E-state index is 0.0747. The Morgan fingerprint density at radius 1 is 0.867 bits per heavy atom. The van der Waals surface area contributed by atoms with E-state index in [1.807, 2.05) is 0 Å². The molecule has 1 aromatic rings. The number of unbranched alkanes of at least 4 members (excludes halogenated alkanes) is 1. The van der Waals surface area contributed by atoms with Crippen molar-refractivity contribution >= 4 is 41.8 Å². The Morgan fingerprint density at radius 2 is 1.47 bits per heavy atom. The van der Waals surface area contributed by atoms with Gasteiger partial charge in [0.2, 0.25) is 29.5 Å². The average Bonchev–Trinajstić information content (AvgIpc) is 2.97. The number of phenols is 1. The van der Waals surface area contributed by atoms with Crippen LogP contribution in [0.1, 0.15) is 51.0 Å². The Morgan fingerprint density at radius 3 is 2.00 bits per heavy atom. The number of aliphatic hydroxyl groups excluding tert-OH is 1. The van der Waals surface area contributed by atoms with E-state index in [9.17, 15) is 43.8 Å². The second kappa shape index (κ2) is 19.6. The normalized spacial score (nSPS) is 14.8. The van der Waals surface area contributed by atoms with Crippen LogP contribution in [0.2, 0.25) is 0 Å². The van der Waals surface area contributed by atoms with Gasteiger partial charge in [-0.15, -0.1) is 0 Å². The third-order valence-corrected chi connectivity index (χ3v) is 6.58. The molecule has 0 aliphatic rings. The summed E-state index contributed by atoms with van der Waals surface area (Å²) in [5.74, 6) is -6.07. The van der Waals surface area contributed by atoms with Crippen LogP contribution < -0.4 is 38.5 Å². The summed E-state index contributed by atoms with van der Waals surface area (Å²) in [4.78, 5) is 86.2. The fourth-order valence-corrected chi connectivity index (χ4v) is 4.06. The number of aromatic hydroxyl groups is 1. The number of carbonyl (C=O) groups is 7. The molecule has 0 spiro atoms. The molecule has 0 heterocycles. The predicted molar refractivity (Wildman–Crippen MR) is 159 cm³/mol. The summed E-state index contributed by atoms with van der Waals surface area (Å²) in [5.41, 5.74) is 16.9. The standard InChI is InChI=1S/C28H43N7O10/c1-15(37)24(28(45)32-17(14-36)4-2-3-11-29)35-27(44)20(12-16-5-7-18(38)8-6-16)34-26(43)21(13-22(31)39)33-25(42)19(30)9-10-23(40)41/h5-8,14-15,17,19-21,24,37-38H,2-4,9-13,29-30H2,1H3,(H2,31,39)(H,32,45)(H,33,42)(H,34,43)(H,35,44)(H,40,41)/t15-,17+,19+,20+,21+,24+/m1/s1. The van der Waals surface area contributed by atoms with Crippen molar-refractivity contribution in [1.82, 2.24) is 21.3 Å². The highest BCUT2D eigenvalue weighted by Crippen LogP contribution is 2.12. The Labute approximate surface area is 259 Å². The molecule has 0 saturated heterocycles. The molecule has 0 aliphatic carbocycles. The number of aldehydes is 1. The topological polar surface area (TPSA) is 306 Å². The lowest BCUT2D eigenvalue weighted by atomic mass is 10.0. The van der Waals surface area contributed by atoms with Gasteiger partial charge in [0.15, 0.2) is 0 Å². The van der Waals surface area contributed by atoms with E-state index in [1.54, 1.807) is 0 Å². The van der Waals surface area contributed by atoms with Crippen LogP contribution in [-0.2, 0) is 40.0 Å². The molecule has 5 amide bonds. The molecule has 17 nitrogen and oxygen atoms in total. The zero-order valence-corrected chi connectivity index (χ0v) is 24.9. The van der Waals surface area contributed by atoms with Crippen LogP contribution in [-0.4, -0.2) is 100.0 Å². The number of rotatable bonds is 21. The van der Waals surface area contributed by atoms with Crippen molar-refractivity contribution < 1.29 is 48.9 Å². The van der Waals surface area contributed by atoms with Gasteiger partial charge in [0.1, 0.15) is 30.2 Å². The minimum atomic E-state index is -1.61. The minimum Gasteiger partial charge on any atom is -0.508 e. The van der Waals surface area contributed by atoms with Crippen molar-refractivity contribution in [3.63, 3.8) is 0 Å². The van der Waals surface area contributed by atoms with Gasteiger partial charge in [-0.2, -0.15) is 0 Å². The molecule has 0 unspecified atom stereocenters. The third kappa shape index (κ3) is 14.6. The lowest BCUT2D eigenvalue weighted by molar-refractivity contribution is -0.137. The van der Waals surface area contributed by atoms with E-state index < -0.39 is 84.7 Å². The van der Waals surface area contributed by atoms with Crippen LogP contribution in [0.3, 0.4) is 0 Å². The van der Waals surface area contributed by atoms with Gasteiger partial charge >= 0.3 is 5.97 Å². The number of carboxylic acids is 1. The molecule has 1 aromatic carbocycles. The van der Waals surface area contributed by atoms with Crippen LogP contribution in [0.4, 0.5) is 0 Å². The van der Waals surface area contributed by atoms with Gasteiger partial charge in [-0.05, 0) is 56.8 Å². The molecule has 0 aromatic heterocycles. The first-order valence-corrected chi connectivity index (χ1v) is 14.3. The number of hydrogen-bond acceptors (Lipinski definition) is 11. The fourth-order valence-electron chi connectivity index (χ4n) is 4.06. The van der Waals surface area contributed by atoms with E-state index in [1.165, 1.54) is 31.2 Å². The molecule has 0 bridgehead atoms. The van der Waals surface area contributed by atoms with Gasteiger partial charge < -0.3 is 58.6 Å². The first-order valence-electron chi connectivity index (χ1n) is 14.3. The second-order valence-electron chi connectivity index (χ2n) is 10.5. The van der Waals surface area contributed by atoms with Crippen molar-refractivity contribution in [2.24, 2.45) is 17.2 Å². The number of nitrogens with one attached hydrogen (secondary N) is 4. The van der Waals surface area contributed by atoms with E-state index in [4.69, 9.17) is 22.3 Å². The zero-order valence-electron chi connectivity index (χ0n) is 24.9. The van der Waals surface area contributed by atoms with Crippen LogP contribution in [0.5, 0.6) is 5.75 Å². The van der Waals surface area contributed by atoms with Crippen molar-refractivity contribution in [3.8, 4) is 5.75 Å². The molecule has 250 valence electrons. The molecule has 0 aliphatic heterocycles. The number of hydrogen-bond donors (Lipinski definition) is 10. The number of carbonyl (C=O) groups excluding carboxylic acids is 6. The van der Waals surface area contributed by atoms with Gasteiger partial charge in [0, 0.05) is 12.8 Å². The van der Waals surface area contributed by atoms with Gasteiger partial charge in [-0.1, -0.05) is 12.1 Å². The highest BCUT2D eigenvalue weighted by atomic mass is 16.4. The van der Waals surface area contributed by atoms with E-state index in [0.717, 1.165) is 0 Å².